The van der Waals surface area contributed by atoms with Gasteiger partial charge in [-0.05, 0) is 50.3 Å². The molecule has 17 heavy (non-hydrogen) atoms. The number of hydrogen-bond acceptors (Lipinski definition) is 3. The molecule has 0 amide bonds. The molecule has 3 N–H and O–H groups in total. The fraction of sp³-hybridized carbons (Fsp3) is 0.571. The first kappa shape index (κ1) is 14.0. The highest BCUT2D eigenvalue weighted by Gasteiger charge is 2.04. The lowest BCUT2D eigenvalue weighted by Crippen LogP contribution is -2.06. The van der Waals surface area contributed by atoms with Gasteiger partial charge in [-0.3, -0.25) is 0 Å². The van der Waals surface area contributed by atoms with Crippen LogP contribution in [0.25, 0.3) is 0 Å². The highest BCUT2D eigenvalue weighted by atomic mass is 16.5. The molecule has 1 rings (SSSR count). The van der Waals surface area contributed by atoms with Crippen molar-refractivity contribution in [1.29, 1.82) is 0 Å². The quantitative estimate of drug-likeness (QED) is 0.717. The molecule has 0 aliphatic heterocycles. The number of rotatable bonds is 7. The molecule has 0 aromatic heterocycles. The van der Waals surface area contributed by atoms with Crippen LogP contribution >= 0.6 is 0 Å². The van der Waals surface area contributed by atoms with Gasteiger partial charge in [0.1, 0.15) is 5.75 Å². The van der Waals surface area contributed by atoms with Crippen LogP contribution < -0.4 is 10.5 Å². The Labute approximate surface area is 104 Å². The van der Waals surface area contributed by atoms with Crippen molar-refractivity contribution in [2.75, 3.05) is 13.2 Å². The first-order chi connectivity index (χ1) is 8.15. The zero-order valence-corrected chi connectivity index (χ0v) is 10.8. The van der Waals surface area contributed by atoms with Crippen molar-refractivity contribution < 1.29 is 9.84 Å². The molecular weight excluding hydrogens is 214 g/mol. The monoisotopic (exact) mass is 237 g/mol. The number of benzene rings is 1. The number of hydrogen-bond donors (Lipinski definition) is 2. The largest absolute Gasteiger partial charge is 0.493 e. The second kappa shape index (κ2) is 7.30. The first-order valence-electron chi connectivity index (χ1n) is 6.25. The topological polar surface area (TPSA) is 55.5 Å². The van der Waals surface area contributed by atoms with E-state index in [1.165, 1.54) is 0 Å². The lowest BCUT2D eigenvalue weighted by molar-refractivity contribution is 0.265. The van der Waals surface area contributed by atoms with Crippen molar-refractivity contribution in [2.24, 2.45) is 5.73 Å². The van der Waals surface area contributed by atoms with Crippen molar-refractivity contribution in [2.45, 2.75) is 39.2 Å². The van der Waals surface area contributed by atoms with Gasteiger partial charge < -0.3 is 15.6 Å². The summed E-state index contributed by atoms with van der Waals surface area (Å²) in [7, 11) is 0. The number of aliphatic hydroxyl groups excluding tert-OH is 1. The fourth-order valence-corrected chi connectivity index (χ4v) is 1.69. The Balaban J connectivity index is 2.43. The highest BCUT2D eigenvalue weighted by molar-refractivity contribution is 5.37. The number of aryl methyl sites for hydroxylation is 1. The molecule has 0 radical (unpaired) electrons. The van der Waals surface area contributed by atoms with Crippen LogP contribution in [0.1, 0.15) is 43.4 Å². The van der Waals surface area contributed by atoms with Crippen molar-refractivity contribution in [3.8, 4) is 5.75 Å². The smallest absolute Gasteiger partial charge is 0.122 e. The van der Waals surface area contributed by atoms with Crippen LogP contribution in [0.2, 0.25) is 0 Å². The van der Waals surface area contributed by atoms with E-state index in [-0.39, 0.29) is 12.6 Å². The number of nitrogens with two attached hydrogens (primary N) is 1. The second-order valence-corrected chi connectivity index (χ2v) is 4.45. The van der Waals surface area contributed by atoms with Gasteiger partial charge in [0.15, 0.2) is 0 Å². The van der Waals surface area contributed by atoms with E-state index in [0.717, 1.165) is 36.1 Å². The Morgan fingerprint density at radius 3 is 2.65 bits per heavy atom. The zero-order chi connectivity index (χ0) is 12.7. The van der Waals surface area contributed by atoms with Crippen molar-refractivity contribution in [3.05, 3.63) is 29.3 Å². The van der Waals surface area contributed by atoms with Gasteiger partial charge in [-0.25, -0.2) is 0 Å². The Morgan fingerprint density at radius 2 is 2.06 bits per heavy atom. The van der Waals surface area contributed by atoms with E-state index in [2.05, 4.69) is 6.07 Å². The molecule has 0 aliphatic rings. The third-order valence-corrected chi connectivity index (χ3v) is 2.78. The van der Waals surface area contributed by atoms with Gasteiger partial charge >= 0.3 is 0 Å². The predicted molar refractivity (Wildman–Crippen MR) is 70.2 cm³/mol. The summed E-state index contributed by atoms with van der Waals surface area (Å²) in [5.74, 6) is 0.929. The summed E-state index contributed by atoms with van der Waals surface area (Å²) in [6.07, 6.45) is 2.84. The van der Waals surface area contributed by atoms with E-state index in [1.54, 1.807) is 0 Å². The molecule has 0 fully saturated rings. The Morgan fingerprint density at radius 1 is 1.29 bits per heavy atom. The summed E-state index contributed by atoms with van der Waals surface area (Å²) >= 11 is 0. The Bertz CT molecular complexity index is 337. The molecule has 96 valence electrons. The van der Waals surface area contributed by atoms with Crippen LogP contribution in [0.4, 0.5) is 0 Å². The zero-order valence-electron chi connectivity index (χ0n) is 10.8. The third-order valence-electron chi connectivity index (χ3n) is 2.78. The molecule has 3 heteroatoms. The van der Waals surface area contributed by atoms with Crippen molar-refractivity contribution in [1.82, 2.24) is 0 Å². The number of ether oxygens (including phenoxy) is 1. The lowest BCUT2D eigenvalue weighted by Gasteiger charge is -2.12. The maximum Gasteiger partial charge on any atom is 0.122 e. The van der Waals surface area contributed by atoms with Crippen LogP contribution in [-0.4, -0.2) is 18.3 Å². The SMILES string of the molecule is Cc1cc(C(C)N)ccc1OCCCCCO. The van der Waals surface area contributed by atoms with Crippen LogP contribution in [0, 0.1) is 6.92 Å². The number of aliphatic hydroxyl groups is 1. The van der Waals surface area contributed by atoms with E-state index in [9.17, 15) is 0 Å². The maximum atomic E-state index is 8.66. The van der Waals surface area contributed by atoms with Gasteiger partial charge in [-0.2, -0.15) is 0 Å². The minimum absolute atomic E-state index is 0.0623. The molecule has 1 aromatic carbocycles. The molecule has 0 spiro atoms. The highest BCUT2D eigenvalue weighted by Crippen LogP contribution is 2.22. The Hall–Kier alpha value is -1.06. The summed E-state index contributed by atoms with van der Waals surface area (Å²) in [5.41, 5.74) is 8.08. The minimum atomic E-state index is 0.0623. The van der Waals surface area contributed by atoms with Crippen LogP contribution in [0.3, 0.4) is 0 Å². The summed E-state index contributed by atoms with van der Waals surface area (Å²) in [6, 6.07) is 6.14. The minimum Gasteiger partial charge on any atom is -0.493 e. The predicted octanol–water partition coefficient (Wildman–Crippen LogP) is 2.56. The fourth-order valence-electron chi connectivity index (χ4n) is 1.69. The van der Waals surface area contributed by atoms with E-state index < -0.39 is 0 Å². The van der Waals surface area contributed by atoms with Crippen molar-refractivity contribution >= 4 is 0 Å². The maximum absolute atomic E-state index is 8.66. The average Bonchev–Trinajstić information content (AvgIpc) is 2.30. The van der Waals surface area contributed by atoms with Crippen LogP contribution in [0.15, 0.2) is 18.2 Å². The molecule has 1 unspecified atom stereocenters. The molecule has 0 heterocycles. The molecule has 0 aliphatic carbocycles. The second-order valence-electron chi connectivity index (χ2n) is 4.45. The standard InChI is InChI=1S/C14H23NO2/c1-11-10-13(12(2)15)6-7-14(11)17-9-5-3-4-8-16/h6-7,10,12,16H,3-5,8-9,15H2,1-2H3. The summed E-state index contributed by atoms with van der Waals surface area (Å²) in [6.45, 7) is 4.99. The van der Waals surface area contributed by atoms with Gasteiger partial charge in [-0.15, -0.1) is 0 Å². The van der Waals surface area contributed by atoms with E-state index in [0.29, 0.717) is 6.61 Å². The molecule has 0 saturated carbocycles. The van der Waals surface area contributed by atoms with Gasteiger partial charge in [-0.1, -0.05) is 12.1 Å². The van der Waals surface area contributed by atoms with Gasteiger partial charge in [0.2, 0.25) is 0 Å². The Kier molecular flexibility index (Phi) is 6.01. The molecule has 1 atom stereocenters. The van der Waals surface area contributed by atoms with E-state index in [4.69, 9.17) is 15.6 Å². The average molecular weight is 237 g/mol. The van der Waals surface area contributed by atoms with E-state index >= 15 is 0 Å². The van der Waals surface area contributed by atoms with E-state index in [1.807, 2.05) is 26.0 Å². The van der Waals surface area contributed by atoms with Crippen LogP contribution in [-0.2, 0) is 0 Å². The molecular formula is C14H23NO2. The third kappa shape index (κ3) is 4.75. The summed E-state index contributed by atoms with van der Waals surface area (Å²) in [4.78, 5) is 0. The van der Waals surface area contributed by atoms with Crippen LogP contribution in [0.5, 0.6) is 5.75 Å². The normalized spacial score (nSPS) is 12.5. The van der Waals surface area contributed by atoms with Gasteiger partial charge in [0.25, 0.3) is 0 Å². The molecule has 0 bridgehead atoms. The van der Waals surface area contributed by atoms with Gasteiger partial charge in [0.05, 0.1) is 6.61 Å². The molecule has 1 aromatic rings. The molecule has 0 saturated heterocycles. The molecule has 3 nitrogen and oxygen atoms in total. The number of unbranched alkanes of at least 4 members (excludes halogenated alkanes) is 2. The summed E-state index contributed by atoms with van der Waals surface area (Å²) in [5, 5.41) is 8.66. The summed E-state index contributed by atoms with van der Waals surface area (Å²) < 4.78 is 5.70. The first-order valence-corrected chi connectivity index (χ1v) is 6.25. The van der Waals surface area contributed by atoms with Gasteiger partial charge in [0, 0.05) is 12.6 Å². The lowest BCUT2D eigenvalue weighted by atomic mass is 10.1. The van der Waals surface area contributed by atoms with Crippen molar-refractivity contribution in [3.63, 3.8) is 0 Å².